The second kappa shape index (κ2) is 4.54. The van der Waals surface area contributed by atoms with E-state index in [4.69, 9.17) is 5.73 Å². The van der Waals surface area contributed by atoms with Gasteiger partial charge in [0.25, 0.3) is 10.0 Å². The molecule has 1 heterocycles. The first-order valence-electron chi connectivity index (χ1n) is 5.40. The molecule has 2 rings (SSSR count). The van der Waals surface area contributed by atoms with E-state index in [0.29, 0.717) is 17.1 Å². The molecule has 0 bridgehead atoms. The zero-order chi connectivity index (χ0) is 14.2. The predicted octanol–water partition coefficient (Wildman–Crippen LogP) is 1.55. The Morgan fingerprint density at radius 1 is 1.37 bits per heavy atom. The number of sulfonamides is 1. The second-order valence-electron chi connectivity index (χ2n) is 4.10. The van der Waals surface area contributed by atoms with E-state index in [0.717, 1.165) is 18.2 Å². The summed E-state index contributed by atoms with van der Waals surface area (Å²) in [5.74, 6) is -0.591. The Labute approximate surface area is 109 Å². The van der Waals surface area contributed by atoms with Crippen LogP contribution in [0.3, 0.4) is 0 Å². The molecule has 0 atom stereocenters. The highest BCUT2D eigenvalue weighted by atomic mass is 32.2. The van der Waals surface area contributed by atoms with Gasteiger partial charge in [-0.05, 0) is 32.0 Å². The molecule has 0 amide bonds. The van der Waals surface area contributed by atoms with Gasteiger partial charge in [0.2, 0.25) is 0 Å². The first-order valence-corrected chi connectivity index (χ1v) is 6.89. The molecule has 0 unspecified atom stereocenters. The monoisotopic (exact) mass is 284 g/mol. The SMILES string of the molecule is Cc1n[nH]c(C)c1NS(=O)(=O)c1ccc(F)cc1N. The normalized spacial score (nSPS) is 11.5. The summed E-state index contributed by atoms with van der Waals surface area (Å²) in [6.45, 7) is 3.35. The Morgan fingerprint density at radius 3 is 2.58 bits per heavy atom. The zero-order valence-corrected chi connectivity index (χ0v) is 11.2. The lowest BCUT2D eigenvalue weighted by atomic mass is 10.3. The summed E-state index contributed by atoms with van der Waals surface area (Å²) in [7, 11) is -3.88. The number of hydrogen-bond acceptors (Lipinski definition) is 4. The molecule has 0 aliphatic heterocycles. The van der Waals surface area contributed by atoms with Crippen molar-refractivity contribution in [2.45, 2.75) is 18.7 Å². The van der Waals surface area contributed by atoms with Crippen molar-refractivity contribution in [3.8, 4) is 0 Å². The van der Waals surface area contributed by atoms with Crippen molar-refractivity contribution >= 4 is 21.4 Å². The fraction of sp³-hybridized carbons (Fsp3) is 0.182. The van der Waals surface area contributed by atoms with Gasteiger partial charge in [0.15, 0.2) is 0 Å². The number of aryl methyl sites for hydroxylation is 2. The number of nitrogens with two attached hydrogens (primary N) is 1. The highest BCUT2D eigenvalue weighted by molar-refractivity contribution is 7.92. The van der Waals surface area contributed by atoms with Gasteiger partial charge in [-0.3, -0.25) is 9.82 Å². The van der Waals surface area contributed by atoms with Crippen LogP contribution in [-0.2, 0) is 10.0 Å². The van der Waals surface area contributed by atoms with Gasteiger partial charge in [0.05, 0.1) is 22.8 Å². The molecule has 8 heteroatoms. The van der Waals surface area contributed by atoms with Crippen LogP contribution in [0.5, 0.6) is 0 Å². The minimum Gasteiger partial charge on any atom is -0.398 e. The van der Waals surface area contributed by atoms with Crippen LogP contribution in [0.1, 0.15) is 11.4 Å². The van der Waals surface area contributed by atoms with Gasteiger partial charge in [-0.1, -0.05) is 0 Å². The average molecular weight is 284 g/mol. The zero-order valence-electron chi connectivity index (χ0n) is 10.4. The van der Waals surface area contributed by atoms with Crippen LogP contribution in [0.2, 0.25) is 0 Å². The quantitative estimate of drug-likeness (QED) is 0.744. The molecule has 0 aliphatic rings. The summed E-state index contributed by atoms with van der Waals surface area (Å²) in [5.41, 5.74) is 6.85. The molecule has 2 aromatic rings. The highest BCUT2D eigenvalue weighted by Crippen LogP contribution is 2.24. The molecule has 0 spiro atoms. The van der Waals surface area contributed by atoms with Crippen molar-refractivity contribution in [2.75, 3.05) is 10.5 Å². The summed E-state index contributed by atoms with van der Waals surface area (Å²) in [5, 5.41) is 6.55. The molecular formula is C11H13FN4O2S. The fourth-order valence-electron chi connectivity index (χ4n) is 1.65. The number of H-pyrrole nitrogens is 1. The molecule has 0 radical (unpaired) electrons. The lowest BCUT2D eigenvalue weighted by Gasteiger charge is -2.10. The van der Waals surface area contributed by atoms with E-state index in [1.807, 2.05) is 0 Å². The third kappa shape index (κ3) is 2.53. The number of nitrogens with one attached hydrogen (secondary N) is 2. The maximum atomic E-state index is 12.9. The van der Waals surface area contributed by atoms with Gasteiger partial charge < -0.3 is 5.73 Å². The van der Waals surface area contributed by atoms with Crippen LogP contribution in [0, 0.1) is 19.7 Å². The van der Waals surface area contributed by atoms with E-state index in [-0.39, 0.29) is 10.6 Å². The molecule has 1 aromatic carbocycles. The first kappa shape index (κ1) is 13.3. The summed E-state index contributed by atoms with van der Waals surface area (Å²) >= 11 is 0. The van der Waals surface area contributed by atoms with Crippen LogP contribution >= 0.6 is 0 Å². The van der Waals surface area contributed by atoms with Crippen LogP contribution in [-0.4, -0.2) is 18.6 Å². The number of anilines is 2. The van der Waals surface area contributed by atoms with Gasteiger partial charge in [-0.2, -0.15) is 5.10 Å². The molecule has 0 saturated heterocycles. The Morgan fingerprint density at radius 2 is 2.05 bits per heavy atom. The molecule has 0 aliphatic carbocycles. The molecule has 0 saturated carbocycles. The lowest BCUT2D eigenvalue weighted by Crippen LogP contribution is -2.15. The molecule has 6 nitrogen and oxygen atoms in total. The molecule has 0 fully saturated rings. The van der Waals surface area contributed by atoms with E-state index in [9.17, 15) is 12.8 Å². The maximum Gasteiger partial charge on any atom is 0.264 e. The van der Waals surface area contributed by atoms with Crippen molar-refractivity contribution in [2.24, 2.45) is 0 Å². The number of nitrogens with zero attached hydrogens (tertiary/aromatic N) is 1. The number of aromatic nitrogens is 2. The smallest absolute Gasteiger partial charge is 0.264 e. The van der Waals surface area contributed by atoms with Gasteiger partial charge in [0, 0.05) is 0 Å². The molecular weight excluding hydrogens is 271 g/mol. The number of rotatable bonds is 3. The maximum absolute atomic E-state index is 12.9. The Balaban J connectivity index is 2.44. The first-order chi connectivity index (χ1) is 8.81. The van der Waals surface area contributed by atoms with Gasteiger partial charge >= 0.3 is 0 Å². The minimum atomic E-state index is -3.88. The second-order valence-corrected chi connectivity index (χ2v) is 5.75. The average Bonchev–Trinajstić information content (AvgIpc) is 2.60. The van der Waals surface area contributed by atoms with E-state index >= 15 is 0 Å². The van der Waals surface area contributed by atoms with Crippen molar-refractivity contribution in [1.82, 2.24) is 10.2 Å². The fourth-order valence-corrected chi connectivity index (χ4v) is 2.95. The van der Waals surface area contributed by atoms with E-state index < -0.39 is 15.8 Å². The number of aromatic amines is 1. The van der Waals surface area contributed by atoms with Crippen molar-refractivity contribution < 1.29 is 12.8 Å². The summed E-state index contributed by atoms with van der Waals surface area (Å²) < 4.78 is 39.7. The Hall–Kier alpha value is -2.09. The number of hydrogen-bond donors (Lipinski definition) is 3. The topological polar surface area (TPSA) is 101 Å². The number of benzene rings is 1. The van der Waals surface area contributed by atoms with Crippen LogP contribution in [0.25, 0.3) is 0 Å². The summed E-state index contributed by atoms with van der Waals surface area (Å²) in [6, 6.07) is 3.13. The summed E-state index contributed by atoms with van der Waals surface area (Å²) in [6.07, 6.45) is 0. The largest absolute Gasteiger partial charge is 0.398 e. The van der Waals surface area contributed by atoms with Gasteiger partial charge in [-0.25, -0.2) is 12.8 Å². The van der Waals surface area contributed by atoms with Crippen LogP contribution in [0.15, 0.2) is 23.1 Å². The Bertz CT molecular complexity index is 705. The molecule has 19 heavy (non-hydrogen) atoms. The Kier molecular flexibility index (Phi) is 3.19. The van der Waals surface area contributed by atoms with Crippen molar-refractivity contribution in [3.05, 3.63) is 35.4 Å². The van der Waals surface area contributed by atoms with E-state index in [1.54, 1.807) is 13.8 Å². The number of nitrogen functional groups attached to an aromatic ring is 1. The minimum absolute atomic E-state index is 0.147. The van der Waals surface area contributed by atoms with Gasteiger partial charge in [0.1, 0.15) is 10.7 Å². The standard InChI is InChI=1S/C11H13FN4O2S/c1-6-11(7(2)15-14-6)16-19(17,18)10-4-3-8(12)5-9(10)13/h3-5,16H,13H2,1-2H3,(H,14,15). The van der Waals surface area contributed by atoms with Crippen LogP contribution in [0.4, 0.5) is 15.8 Å². The lowest BCUT2D eigenvalue weighted by molar-refractivity contribution is 0.600. The molecule has 1 aromatic heterocycles. The summed E-state index contributed by atoms with van der Waals surface area (Å²) in [4.78, 5) is -0.172. The van der Waals surface area contributed by atoms with Gasteiger partial charge in [-0.15, -0.1) is 0 Å². The van der Waals surface area contributed by atoms with Crippen LogP contribution < -0.4 is 10.5 Å². The number of halogens is 1. The molecule has 102 valence electrons. The third-order valence-corrected chi connectivity index (χ3v) is 4.05. The van der Waals surface area contributed by atoms with E-state index in [1.165, 1.54) is 0 Å². The third-order valence-electron chi connectivity index (χ3n) is 2.63. The van der Waals surface area contributed by atoms with E-state index in [2.05, 4.69) is 14.9 Å². The molecule has 4 N–H and O–H groups in total. The van der Waals surface area contributed by atoms with Crippen molar-refractivity contribution in [3.63, 3.8) is 0 Å². The van der Waals surface area contributed by atoms with Crippen molar-refractivity contribution in [1.29, 1.82) is 0 Å². The predicted molar refractivity (Wildman–Crippen MR) is 69.7 cm³/mol. The highest BCUT2D eigenvalue weighted by Gasteiger charge is 2.20.